The van der Waals surface area contributed by atoms with Gasteiger partial charge in [-0.05, 0) is 19.9 Å². The van der Waals surface area contributed by atoms with E-state index in [9.17, 15) is 13.6 Å². The van der Waals surface area contributed by atoms with E-state index in [0.717, 1.165) is 0 Å². The van der Waals surface area contributed by atoms with E-state index in [-0.39, 0.29) is 30.2 Å². The van der Waals surface area contributed by atoms with Gasteiger partial charge < -0.3 is 15.0 Å². The average Bonchev–Trinajstić information content (AvgIpc) is 3.03. The van der Waals surface area contributed by atoms with Crippen molar-refractivity contribution in [2.45, 2.75) is 25.9 Å². The van der Waals surface area contributed by atoms with Crippen LogP contribution in [-0.2, 0) is 6.54 Å². The van der Waals surface area contributed by atoms with Gasteiger partial charge in [0, 0.05) is 25.2 Å². The van der Waals surface area contributed by atoms with Gasteiger partial charge in [-0.2, -0.15) is 5.10 Å². The zero-order valence-electron chi connectivity index (χ0n) is 15.7. The third-order valence-electron chi connectivity index (χ3n) is 4.51. The second kappa shape index (κ2) is 6.43. The maximum Gasteiger partial charge on any atom is 0.257 e. The lowest BCUT2D eigenvalue weighted by Crippen LogP contribution is -2.47. The molecule has 9 heteroatoms. The number of anilines is 1. The summed E-state index contributed by atoms with van der Waals surface area (Å²) in [5, 5.41) is 6.89. The molecule has 1 amide bonds. The van der Waals surface area contributed by atoms with Crippen LogP contribution >= 0.6 is 0 Å². The number of benzene rings is 1. The van der Waals surface area contributed by atoms with E-state index in [1.807, 2.05) is 0 Å². The molecule has 1 aliphatic rings. The number of rotatable bonds is 0. The topological polar surface area (TPSA) is 71.8 Å². The number of hydrogen-bond donors (Lipinski definition) is 1. The summed E-state index contributed by atoms with van der Waals surface area (Å²) < 4.78 is 35.4. The molecule has 0 spiro atoms. The van der Waals surface area contributed by atoms with Crippen molar-refractivity contribution in [2.75, 3.05) is 18.6 Å². The molecule has 4 rings (SSSR count). The summed E-state index contributed by atoms with van der Waals surface area (Å²) in [7, 11) is 1.66. The van der Waals surface area contributed by atoms with Crippen molar-refractivity contribution in [1.29, 1.82) is 0 Å². The predicted octanol–water partition coefficient (Wildman–Crippen LogP) is 2.54. The SMILES string of the molecule is CN1Cc2ccc(F)cc2OCC(C)(C)NC(=O)c2cnn3cc(F)c1nc23. The van der Waals surface area contributed by atoms with Crippen LogP contribution in [0.1, 0.15) is 29.8 Å². The number of nitrogens with one attached hydrogen (secondary N) is 1. The number of carbonyl (C=O) groups is 1. The van der Waals surface area contributed by atoms with E-state index in [1.54, 1.807) is 31.9 Å². The molecule has 28 heavy (non-hydrogen) atoms. The third kappa shape index (κ3) is 3.23. The normalized spacial score (nSPS) is 16.6. The van der Waals surface area contributed by atoms with E-state index >= 15 is 0 Å². The van der Waals surface area contributed by atoms with Gasteiger partial charge in [0.25, 0.3) is 5.91 Å². The van der Waals surface area contributed by atoms with Gasteiger partial charge in [-0.15, -0.1) is 0 Å². The highest BCUT2D eigenvalue weighted by molar-refractivity contribution is 6.00. The molecule has 2 aromatic heterocycles. The van der Waals surface area contributed by atoms with Crippen molar-refractivity contribution >= 4 is 17.4 Å². The summed E-state index contributed by atoms with van der Waals surface area (Å²) in [6.07, 6.45) is 2.53. The number of hydrogen-bond acceptors (Lipinski definition) is 5. The molecule has 3 heterocycles. The molecule has 0 aliphatic carbocycles. The summed E-state index contributed by atoms with van der Waals surface area (Å²) in [4.78, 5) is 18.7. The van der Waals surface area contributed by atoms with E-state index in [1.165, 1.54) is 29.0 Å². The highest BCUT2D eigenvalue weighted by atomic mass is 19.1. The zero-order valence-corrected chi connectivity index (χ0v) is 15.7. The van der Waals surface area contributed by atoms with Crippen LogP contribution in [0.5, 0.6) is 5.75 Å². The lowest BCUT2D eigenvalue weighted by molar-refractivity contribution is 0.0882. The maximum absolute atomic E-state index is 14.6. The Morgan fingerprint density at radius 2 is 2.07 bits per heavy atom. The Bertz CT molecular complexity index is 1080. The Hall–Kier alpha value is -3.23. The molecule has 3 aromatic rings. The van der Waals surface area contributed by atoms with Crippen LogP contribution < -0.4 is 15.0 Å². The van der Waals surface area contributed by atoms with Gasteiger partial charge in [0.15, 0.2) is 17.3 Å². The summed E-state index contributed by atoms with van der Waals surface area (Å²) in [6.45, 7) is 3.93. The van der Waals surface area contributed by atoms with Gasteiger partial charge in [0.05, 0.1) is 17.9 Å². The molecular formula is C19H19F2N5O2. The quantitative estimate of drug-likeness (QED) is 0.642. The second-order valence-corrected chi connectivity index (χ2v) is 7.47. The van der Waals surface area contributed by atoms with Crippen LogP contribution in [0.2, 0.25) is 0 Å². The van der Waals surface area contributed by atoms with E-state index in [0.29, 0.717) is 11.3 Å². The van der Waals surface area contributed by atoms with Crippen LogP contribution in [0.25, 0.3) is 5.65 Å². The smallest absolute Gasteiger partial charge is 0.257 e. The molecule has 1 N–H and O–H groups in total. The van der Waals surface area contributed by atoms with Gasteiger partial charge in [0.1, 0.15) is 23.7 Å². The first-order chi connectivity index (χ1) is 13.2. The first-order valence-electron chi connectivity index (χ1n) is 8.72. The molecule has 2 bridgehead atoms. The van der Waals surface area contributed by atoms with Gasteiger partial charge >= 0.3 is 0 Å². The highest BCUT2D eigenvalue weighted by Crippen LogP contribution is 2.26. The van der Waals surface area contributed by atoms with Crippen LogP contribution in [-0.4, -0.2) is 39.7 Å². The summed E-state index contributed by atoms with van der Waals surface area (Å²) in [5.41, 5.74) is 0.388. The predicted molar refractivity (Wildman–Crippen MR) is 98.5 cm³/mol. The molecule has 0 unspecified atom stereocenters. The first-order valence-corrected chi connectivity index (χ1v) is 8.72. The first kappa shape index (κ1) is 18.1. The van der Waals surface area contributed by atoms with Crippen molar-refractivity contribution in [3.63, 3.8) is 0 Å². The Morgan fingerprint density at radius 3 is 2.86 bits per heavy atom. The zero-order chi connectivity index (χ0) is 20.1. The Balaban J connectivity index is 1.88. The number of ether oxygens (including phenoxy) is 1. The Labute approximate surface area is 159 Å². The van der Waals surface area contributed by atoms with Gasteiger partial charge in [-0.1, -0.05) is 6.07 Å². The largest absolute Gasteiger partial charge is 0.491 e. The molecule has 7 nitrogen and oxygen atoms in total. The minimum Gasteiger partial charge on any atom is -0.491 e. The van der Waals surface area contributed by atoms with Crippen LogP contribution in [0, 0.1) is 11.6 Å². The van der Waals surface area contributed by atoms with Gasteiger partial charge in [-0.3, -0.25) is 4.79 Å². The molecule has 1 aliphatic heterocycles. The molecule has 0 saturated heterocycles. The molecule has 1 aromatic carbocycles. The third-order valence-corrected chi connectivity index (χ3v) is 4.51. The number of nitrogens with zero attached hydrogens (tertiary/aromatic N) is 4. The van der Waals surface area contributed by atoms with E-state index in [2.05, 4.69) is 15.4 Å². The maximum atomic E-state index is 14.6. The number of aromatic nitrogens is 3. The van der Waals surface area contributed by atoms with E-state index in [4.69, 9.17) is 4.74 Å². The fourth-order valence-electron chi connectivity index (χ4n) is 3.10. The second-order valence-electron chi connectivity index (χ2n) is 7.47. The van der Waals surface area contributed by atoms with Gasteiger partial charge in [-0.25, -0.2) is 18.3 Å². The minimum absolute atomic E-state index is 0.0517. The lowest BCUT2D eigenvalue weighted by atomic mass is 10.1. The summed E-state index contributed by atoms with van der Waals surface area (Å²) in [5.74, 6) is -1.06. The molecular weight excluding hydrogens is 368 g/mol. The molecule has 0 fully saturated rings. The number of fused-ring (bicyclic) bond motifs is 2. The highest BCUT2D eigenvalue weighted by Gasteiger charge is 2.27. The molecule has 0 saturated carbocycles. The number of amides is 1. The monoisotopic (exact) mass is 387 g/mol. The number of carbonyl (C=O) groups excluding carboxylic acids is 1. The Kier molecular flexibility index (Phi) is 4.17. The van der Waals surface area contributed by atoms with Crippen molar-refractivity contribution in [2.24, 2.45) is 0 Å². The minimum atomic E-state index is -0.752. The Morgan fingerprint density at radius 1 is 1.29 bits per heavy atom. The molecule has 0 atom stereocenters. The van der Waals surface area contributed by atoms with Crippen LogP contribution in [0.4, 0.5) is 14.6 Å². The van der Waals surface area contributed by atoms with Gasteiger partial charge in [0.2, 0.25) is 0 Å². The fraction of sp³-hybridized carbons (Fsp3) is 0.316. The standard InChI is InChI=1S/C19H19F2N5O2/c1-19(2)10-28-15-6-12(20)5-4-11(15)8-25(3)17-14(21)9-26-16(23-17)13(7-22-26)18(27)24-19/h4-7,9H,8,10H2,1-3H3,(H,24,27). The van der Waals surface area contributed by atoms with Crippen molar-refractivity contribution in [3.8, 4) is 5.75 Å². The van der Waals surface area contributed by atoms with Crippen LogP contribution in [0.15, 0.2) is 30.6 Å². The van der Waals surface area contributed by atoms with Crippen molar-refractivity contribution < 1.29 is 18.3 Å². The van der Waals surface area contributed by atoms with Crippen LogP contribution in [0.3, 0.4) is 0 Å². The van der Waals surface area contributed by atoms with E-state index < -0.39 is 23.1 Å². The fourth-order valence-corrected chi connectivity index (χ4v) is 3.10. The summed E-state index contributed by atoms with van der Waals surface area (Å²) >= 11 is 0. The van der Waals surface area contributed by atoms with Crippen molar-refractivity contribution in [1.82, 2.24) is 19.9 Å². The van der Waals surface area contributed by atoms with Crippen molar-refractivity contribution in [3.05, 3.63) is 53.4 Å². The molecule has 0 radical (unpaired) electrons. The average molecular weight is 387 g/mol. The lowest BCUT2D eigenvalue weighted by Gasteiger charge is -2.27. The number of halogens is 2. The molecule has 146 valence electrons. The summed E-state index contributed by atoms with van der Waals surface area (Å²) in [6, 6.07) is 4.19.